The fraction of sp³-hybridized carbons (Fsp3) is 0.750. The molecular weight excluding hydrogens is 154 g/mol. The van der Waals surface area contributed by atoms with Gasteiger partial charge in [0.05, 0.1) is 6.61 Å². The van der Waals surface area contributed by atoms with Crippen LogP contribution in [0.2, 0.25) is 0 Å². The molecule has 1 rings (SSSR count). The fourth-order valence-electron chi connectivity index (χ4n) is 0.754. The second-order valence-corrected chi connectivity index (χ2v) is 3.99. The molecule has 0 aromatic carbocycles. The van der Waals surface area contributed by atoms with Crippen LogP contribution in [0.1, 0.15) is 26.6 Å². The molecule has 1 N–H and O–H groups in total. The van der Waals surface area contributed by atoms with Crippen molar-refractivity contribution in [1.82, 2.24) is 15.2 Å². The van der Waals surface area contributed by atoms with Crippen molar-refractivity contribution in [2.45, 2.75) is 27.4 Å². The highest BCUT2D eigenvalue weighted by molar-refractivity contribution is 4.75. The largest absolute Gasteiger partial charge is 0.373 e. The maximum Gasteiger partial charge on any atom is 0.150 e. The third-order valence-electron chi connectivity index (χ3n) is 1.24. The van der Waals surface area contributed by atoms with Gasteiger partial charge < -0.3 is 4.74 Å². The van der Waals surface area contributed by atoms with Crippen LogP contribution in [-0.2, 0) is 11.3 Å². The Kier molecular flexibility index (Phi) is 2.81. The highest BCUT2D eigenvalue weighted by Crippen LogP contribution is 2.13. The summed E-state index contributed by atoms with van der Waals surface area (Å²) in [5.41, 5.74) is 0.208. The first-order valence-corrected chi connectivity index (χ1v) is 4.00. The molecule has 0 saturated heterocycles. The predicted molar refractivity (Wildman–Crippen MR) is 45.5 cm³/mol. The summed E-state index contributed by atoms with van der Waals surface area (Å²) in [6, 6.07) is 0. The summed E-state index contributed by atoms with van der Waals surface area (Å²) in [5, 5.41) is 6.46. The van der Waals surface area contributed by atoms with Gasteiger partial charge in [-0.05, 0) is 5.41 Å². The minimum Gasteiger partial charge on any atom is -0.373 e. The molecule has 0 amide bonds. The number of rotatable bonds is 3. The summed E-state index contributed by atoms with van der Waals surface area (Å²) in [4.78, 5) is 3.94. The quantitative estimate of drug-likeness (QED) is 0.743. The lowest BCUT2D eigenvalue weighted by molar-refractivity contribution is 0.0563. The molecule has 0 aliphatic rings. The lowest BCUT2D eigenvalue weighted by Gasteiger charge is -2.17. The van der Waals surface area contributed by atoms with Crippen molar-refractivity contribution in [1.29, 1.82) is 0 Å². The Bertz CT molecular complexity index is 213. The van der Waals surface area contributed by atoms with E-state index in [0.29, 0.717) is 6.61 Å². The topological polar surface area (TPSA) is 50.8 Å². The number of nitrogens with zero attached hydrogens (tertiary/aromatic N) is 2. The predicted octanol–water partition coefficient (Wildman–Crippen LogP) is 1.37. The number of aromatic amines is 1. The SMILES string of the molecule is CC(C)(C)COCc1ncn[nH]1. The van der Waals surface area contributed by atoms with Crippen LogP contribution in [0.4, 0.5) is 0 Å². The molecule has 1 aromatic heterocycles. The molecule has 0 bridgehead atoms. The first-order valence-electron chi connectivity index (χ1n) is 4.00. The number of nitrogens with one attached hydrogen (secondary N) is 1. The zero-order chi connectivity index (χ0) is 9.03. The van der Waals surface area contributed by atoms with Crippen LogP contribution >= 0.6 is 0 Å². The van der Waals surface area contributed by atoms with E-state index >= 15 is 0 Å². The minimum absolute atomic E-state index is 0.208. The normalized spacial score (nSPS) is 11.9. The van der Waals surface area contributed by atoms with Crippen molar-refractivity contribution in [3.63, 3.8) is 0 Å². The molecule has 4 heteroatoms. The number of aromatic nitrogens is 3. The minimum atomic E-state index is 0.208. The van der Waals surface area contributed by atoms with Crippen LogP contribution in [0, 0.1) is 5.41 Å². The highest BCUT2D eigenvalue weighted by atomic mass is 16.5. The third kappa shape index (κ3) is 3.48. The van der Waals surface area contributed by atoms with Gasteiger partial charge in [0.1, 0.15) is 18.8 Å². The van der Waals surface area contributed by atoms with Gasteiger partial charge in [0.25, 0.3) is 0 Å². The van der Waals surface area contributed by atoms with Gasteiger partial charge in [-0.25, -0.2) is 4.98 Å². The highest BCUT2D eigenvalue weighted by Gasteiger charge is 2.10. The lowest BCUT2D eigenvalue weighted by Crippen LogP contribution is -2.14. The Morgan fingerprint density at radius 3 is 2.75 bits per heavy atom. The molecular formula is C8H15N3O. The van der Waals surface area contributed by atoms with E-state index < -0.39 is 0 Å². The average Bonchev–Trinajstić information content (AvgIpc) is 2.36. The van der Waals surface area contributed by atoms with Crippen LogP contribution in [0.3, 0.4) is 0 Å². The zero-order valence-corrected chi connectivity index (χ0v) is 7.79. The summed E-state index contributed by atoms with van der Waals surface area (Å²) in [7, 11) is 0. The van der Waals surface area contributed by atoms with Crippen molar-refractivity contribution >= 4 is 0 Å². The van der Waals surface area contributed by atoms with E-state index in [0.717, 1.165) is 12.4 Å². The summed E-state index contributed by atoms with van der Waals surface area (Å²) in [6.45, 7) is 7.64. The Balaban J connectivity index is 2.20. The summed E-state index contributed by atoms with van der Waals surface area (Å²) < 4.78 is 5.41. The summed E-state index contributed by atoms with van der Waals surface area (Å²) in [6.07, 6.45) is 1.48. The molecule has 0 saturated carbocycles. The van der Waals surface area contributed by atoms with Gasteiger partial charge in [0, 0.05) is 0 Å². The monoisotopic (exact) mass is 169 g/mol. The molecule has 1 aromatic rings. The van der Waals surface area contributed by atoms with E-state index in [1.54, 1.807) is 0 Å². The molecule has 0 aliphatic carbocycles. The summed E-state index contributed by atoms with van der Waals surface area (Å²) in [5.74, 6) is 0.777. The lowest BCUT2D eigenvalue weighted by atomic mass is 9.99. The maximum absolute atomic E-state index is 5.41. The van der Waals surface area contributed by atoms with Gasteiger partial charge in [0.2, 0.25) is 0 Å². The number of hydrogen-bond donors (Lipinski definition) is 1. The van der Waals surface area contributed by atoms with Crippen molar-refractivity contribution in [3.05, 3.63) is 12.2 Å². The van der Waals surface area contributed by atoms with E-state index in [-0.39, 0.29) is 5.41 Å². The molecule has 0 aliphatic heterocycles. The van der Waals surface area contributed by atoms with Crippen molar-refractivity contribution in [2.75, 3.05) is 6.61 Å². The van der Waals surface area contributed by atoms with E-state index in [1.165, 1.54) is 6.33 Å². The van der Waals surface area contributed by atoms with Crippen molar-refractivity contribution in [3.8, 4) is 0 Å². The van der Waals surface area contributed by atoms with E-state index in [1.807, 2.05) is 0 Å². The van der Waals surface area contributed by atoms with Gasteiger partial charge in [-0.2, -0.15) is 5.10 Å². The average molecular weight is 169 g/mol. The van der Waals surface area contributed by atoms with Gasteiger partial charge >= 0.3 is 0 Å². The Labute approximate surface area is 72.4 Å². The molecule has 0 atom stereocenters. The Morgan fingerprint density at radius 1 is 1.50 bits per heavy atom. The first kappa shape index (κ1) is 9.19. The summed E-state index contributed by atoms with van der Waals surface area (Å²) >= 11 is 0. The number of hydrogen-bond acceptors (Lipinski definition) is 3. The van der Waals surface area contributed by atoms with Crippen LogP contribution in [-0.4, -0.2) is 21.8 Å². The van der Waals surface area contributed by atoms with E-state index in [2.05, 4.69) is 36.0 Å². The maximum atomic E-state index is 5.41. The second-order valence-electron chi connectivity index (χ2n) is 3.99. The molecule has 0 spiro atoms. The van der Waals surface area contributed by atoms with Crippen LogP contribution in [0.25, 0.3) is 0 Å². The van der Waals surface area contributed by atoms with E-state index in [9.17, 15) is 0 Å². The number of H-pyrrole nitrogens is 1. The van der Waals surface area contributed by atoms with Crippen molar-refractivity contribution in [2.24, 2.45) is 5.41 Å². The molecule has 12 heavy (non-hydrogen) atoms. The van der Waals surface area contributed by atoms with Crippen LogP contribution < -0.4 is 0 Å². The molecule has 0 radical (unpaired) electrons. The van der Waals surface area contributed by atoms with Gasteiger partial charge in [0.15, 0.2) is 0 Å². The smallest absolute Gasteiger partial charge is 0.150 e. The third-order valence-corrected chi connectivity index (χ3v) is 1.24. The van der Waals surface area contributed by atoms with E-state index in [4.69, 9.17) is 4.74 Å². The molecule has 4 nitrogen and oxygen atoms in total. The molecule has 0 unspecified atom stereocenters. The van der Waals surface area contributed by atoms with Gasteiger partial charge in [-0.1, -0.05) is 20.8 Å². The fourth-order valence-corrected chi connectivity index (χ4v) is 0.754. The zero-order valence-electron chi connectivity index (χ0n) is 7.79. The first-order chi connectivity index (χ1) is 5.58. The Hall–Kier alpha value is -0.900. The van der Waals surface area contributed by atoms with Gasteiger partial charge in [-0.15, -0.1) is 0 Å². The standard InChI is InChI=1S/C8H15N3O/c1-8(2,3)5-12-4-7-9-6-10-11-7/h6H,4-5H2,1-3H3,(H,9,10,11). The van der Waals surface area contributed by atoms with Crippen molar-refractivity contribution < 1.29 is 4.74 Å². The number of ether oxygens (including phenoxy) is 1. The Morgan fingerprint density at radius 2 is 2.25 bits per heavy atom. The second kappa shape index (κ2) is 3.67. The molecule has 68 valence electrons. The van der Waals surface area contributed by atoms with Gasteiger partial charge in [-0.3, -0.25) is 5.10 Å². The van der Waals surface area contributed by atoms with Crippen LogP contribution in [0.5, 0.6) is 0 Å². The molecule has 1 heterocycles. The molecule has 0 fully saturated rings. The van der Waals surface area contributed by atoms with Crippen LogP contribution in [0.15, 0.2) is 6.33 Å².